The summed E-state index contributed by atoms with van der Waals surface area (Å²) in [6.07, 6.45) is 0. The fraction of sp³-hybridized carbons (Fsp3) is 0.182. The van der Waals surface area contributed by atoms with E-state index >= 15 is 0 Å². The number of hydrogen-bond acceptors (Lipinski definition) is 3. The second-order valence-corrected chi connectivity index (χ2v) is 3.93. The highest BCUT2D eigenvalue weighted by molar-refractivity contribution is 6.32. The largest absolute Gasteiger partial charge is 0.356 e. The zero-order valence-corrected chi connectivity index (χ0v) is 9.95. The predicted molar refractivity (Wildman–Crippen MR) is 67.8 cm³/mol. The SMILES string of the molecule is [B]c1cccc(-n2c(=O)c([N+](=O)[O-])c(C)n2C)c1. The van der Waals surface area contributed by atoms with Gasteiger partial charge in [-0.3, -0.25) is 19.6 Å². The summed E-state index contributed by atoms with van der Waals surface area (Å²) >= 11 is 0. The third kappa shape index (κ3) is 1.73. The molecule has 0 spiro atoms. The van der Waals surface area contributed by atoms with Crippen LogP contribution in [0.3, 0.4) is 0 Å². The highest BCUT2D eigenvalue weighted by atomic mass is 16.6. The Labute approximate surface area is 104 Å². The van der Waals surface area contributed by atoms with Gasteiger partial charge in [0.15, 0.2) is 0 Å². The number of rotatable bonds is 2. The number of aromatic nitrogens is 2. The van der Waals surface area contributed by atoms with E-state index < -0.39 is 16.2 Å². The first kappa shape index (κ1) is 12.2. The van der Waals surface area contributed by atoms with Gasteiger partial charge in [0, 0.05) is 7.05 Å². The van der Waals surface area contributed by atoms with E-state index in [1.165, 1.54) is 16.3 Å². The number of nitrogens with zero attached hydrogens (tertiary/aromatic N) is 3. The van der Waals surface area contributed by atoms with E-state index in [-0.39, 0.29) is 0 Å². The van der Waals surface area contributed by atoms with Crippen LogP contribution in [0.15, 0.2) is 29.1 Å². The van der Waals surface area contributed by atoms with E-state index in [0.29, 0.717) is 16.8 Å². The molecule has 0 fully saturated rings. The third-order valence-electron chi connectivity index (χ3n) is 2.82. The Morgan fingerprint density at radius 1 is 1.39 bits per heavy atom. The van der Waals surface area contributed by atoms with Gasteiger partial charge in [-0.15, -0.1) is 0 Å². The molecule has 7 heteroatoms. The lowest BCUT2D eigenvalue weighted by Gasteiger charge is -2.07. The highest BCUT2D eigenvalue weighted by Crippen LogP contribution is 2.14. The fourth-order valence-corrected chi connectivity index (χ4v) is 1.85. The molecule has 0 N–H and O–H groups in total. The Bertz CT molecular complexity index is 687. The van der Waals surface area contributed by atoms with Crippen LogP contribution >= 0.6 is 0 Å². The minimum Gasteiger partial charge on any atom is -0.278 e. The van der Waals surface area contributed by atoms with Gasteiger partial charge >= 0.3 is 11.2 Å². The van der Waals surface area contributed by atoms with E-state index in [0.717, 1.165) is 0 Å². The van der Waals surface area contributed by atoms with Crippen molar-refractivity contribution in [3.63, 3.8) is 0 Å². The Morgan fingerprint density at radius 2 is 2.06 bits per heavy atom. The van der Waals surface area contributed by atoms with Crippen LogP contribution in [-0.2, 0) is 7.05 Å². The molecule has 0 aliphatic heterocycles. The molecule has 0 aliphatic carbocycles. The van der Waals surface area contributed by atoms with Crippen molar-refractivity contribution in [1.29, 1.82) is 0 Å². The van der Waals surface area contributed by atoms with Gasteiger partial charge in [0.05, 0.1) is 10.6 Å². The molecule has 18 heavy (non-hydrogen) atoms. The average Bonchev–Trinajstić information content (AvgIpc) is 2.50. The van der Waals surface area contributed by atoms with Crippen molar-refractivity contribution in [3.05, 3.63) is 50.4 Å². The summed E-state index contributed by atoms with van der Waals surface area (Å²) in [6.45, 7) is 1.53. The normalized spacial score (nSPS) is 10.6. The second-order valence-electron chi connectivity index (χ2n) is 3.93. The zero-order chi connectivity index (χ0) is 13.4. The van der Waals surface area contributed by atoms with Gasteiger partial charge in [0.25, 0.3) is 0 Å². The summed E-state index contributed by atoms with van der Waals surface area (Å²) in [5.41, 5.74) is 0.206. The van der Waals surface area contributed by atoms with Crippen LogP contribution in [0, 0.1) is 17.0 Å². The van der Waals surface area contributed by atoms with Crippen molar-refractivity contribution in [1.82, 2.24) is 9.36 Å². The van der Waals surface area contributed by atoms with E-state index in [2.05, 4.69) is 0 Å². The summed E-state index contributed by atoms with van der Waals surface area (Å²) in [7, 11) is 7.23. The first-order valence-electron chi connectivity index (χ1n) is 5.22. The van der Waals surface area contributed by atoms with Crippen molar-refractivity contribution >= 4 is 19.0 Å². The highest BCUT2D eigenvalue weighted by Gasteiger charge is 2.25. The quantitative estimate of drug-likeness (QED) is 0.429. The van der Waals surface area contributed by atoms with Crippen LogP contribution in [0.4, 0.5) is 5.69 Å². The van der Waals surface area contributed by atoms with Crippen molar-refractivity contribution in [3.8, 4) is 5.69 Å². The predicted octanol–water partition coefficient (Wildman–Crippen LogP) is 0.186. The Balaban J connectivity index is 2.78. The zero-order valence-electron chi connectivity index (χ0n) is 9.95. The van der Waals surface area contributed by atoms with Crippen LogP contribution in [0.2, 0.25) is 0 Å². The van der Waals surface area contributed by atoms with Gasteiger partial charge < -0.3 is 0 Å². The van der Waals surface area contributed by atoms with Gasteiger partial charge in [-0.2, -0.15) is 0 Å². The third-order valence-corrected chi connectivity index (χ3v) is 2.82. The molecule has 0 saturated carbocycles. The van der Waals surface area contributed by atoms with E-state index in [1.807, 2.05) is 0 Å². The summed E-state index contributed by atoms with van der Waals surface area (Å²) in [4.78, 5) is 22.2. The maximum absolute atomic E-state index is 12.0. The number of benzene rings is 1. The summed E-state index contributed by atoms with van der Waals surface area (Å²) in [6, 6.07) is 6.62. The molecule has 90 valence electrons. The maximum Gasteiger partial charge on any atom is 0.356 e. The average molecular weight is 243 g/mol. The van der Waals surface area contributed by atoms with Gasteiger partial charge in [0.1, 0.15) is 13.5 Å². The molecule has 1 aromatic carbocycles. The van der Waals surface area contributed by atoms with Crippen molar-refractivity contribution in [2.24, 2.45) is 7.05 Å². The Morgan fingerprint density at radius 3 is 2.56 bits per heavy atom. The van der Waals surface area contributed by atoms with Crippen LogP contribution in [0.1, 0.15) is 5.69 Å². The monoisotopic (exact) mass is 243 g/mol. The van der Waals surface area contributed by atoms with Crippen LogP contribution in [-0.4, -0.2) is 22.1 Å². The van der Waals surface area contributed by atoms with Crippen molar-refractivity contribution in [2.45, 2.75) is 6.92 Å². The maximum atomic E-state index is 12.0. The van der Waals surface area contributed by atoms with Gasteiger partial charge in [-0.1, -0.05) is 17.6 Å². The first-order chi connectivity index (χ1) is 8.43. The van der Waals surface area contributed by atoms with Crippen LogP contribution in [0.5, 0.6) is 0 Å². The molecule has 0 unspecified atom stereocenters. The Hall–Kier alpha value is -2.31. The summed E-state index contributed by atoms with van der Waals surface area (Å²) in [5, 5.41) is 10.9. The molecule has 2 aromatic rings. The number of nitro groups is 1. The van der Waals surface area contributed by atoms with Gasteiger partial charge in [0.2, 0.25) is 0 Å². The topological polar surface area (TPSA) is 70.1 Å². The summed E-state index contributed by atoms with van der Waals surface area (Å²) in [5.74, 6) is 0. The summed E-state index contributed by atoms with van der Waals surface area (Å²) < 4.78 is 2.67. The molecule has 2 radical (unpaired) electrons. The molecule has 0 amide bonds. The van der Waals surface area contributed by atoms with E-state index in [1.54, 1.807) is 31.3 Å². The number of hydrogen-bond donors (Lipinski definition) is 0. The van der Waals surface area contributed by atoms with Crippen LogP contribution < -0.4 is 11.0 Å². The molecule has 1 heterocycles. The first-order valence-corrected chi connectivity index (χ1v) is 5.22. The fourth-order valence-electron chi connectivity index (χ4n) is 1.85. The molecule has 0 saturated heterocycles. The molecule has 0 atom stereocenters. The minimum absolute atomic E-state index is 0.299. The smallest absolute Gasteiger partial charge is 0.278 e. The van der Waals surface area contributed by atoms with Crippen molar-refractivity contribution in [2.75, 3.05) is 0 Å². The second kappa shape index (κ2) is 4.17. The molecule has 6 nitrogen and oxygen atoms in total. The molecular weight excluding hydrogens is 233 g/mol. The van der Waals surface area contributed by atoms with E-state index in [4.69, 9.17) is 7.85 Å². The lowest BCUT2D eigenvalue weighted by Crippen LogP contribution is -2.21. The minimum atomic E-state index is -0.666. The van der Waals surface area contributed by atoms with Crippen LogP contribution in [0.25, 0.3) is 5.69 Å². The molecule has 0 aliphatic rings. The molecule has 1 aromatic heterocycles. The van der Waals surface area contributed by atoms with Gasteiger partial charge in [-0.25, -0.2) is 4.68 Å². The Kier molecular flexibility index (Phi) is 2.82. The van der Waals surface area contributed by atoms with E-state index in [9.17, 15) is 14.9 Å². The lowest BCUT2D eigenvalue weighted by molar-refractivity contribution is -0.386. The molecule has 2 rings (SSSR count). The molecular formula is C11H10BN3O3. The van der Waals surface area contributed by atoms with Crippen molar-refractivity contribution < 1.29 is 4.92 Å². The standard InChI is InChI=1S/C11H10BN3O3/c1-7-10(15(17)18)11(16)14(13(7)2)9-5-3-4-8(12)6-9/h3-6H,1-2H3. The lowest BCUT2D eigenvalue weighted by atomic mass is 9.96. The van der Waals surface area contributed by atoms with Gasteiger partial charge in [-0.05, 0) is 19.1 Å². The molecule has 0 bridgehead atoms.